The minimum Gasteiger partial charge on any atom is -0.326 e. The highest BCUT2D eigenvalue weighted by molar-refractivity contribution is 8.00. The fourth-order valence-electron chi connectivity index (χ4n) is 3.74. The number of aromatic nitrogens is 1. The van der Waals surface area contributed by atoms with Crippen LogP contribution < -0.4 is 10.6 Å². The van der Waals surface area contributed by atoms with Gasteiger partial charge in [0.25, 0.3) is 0 Å². The smallest absolute Gasteiger partial charge is 0.234 e. The number of anilines is 2. The lowest BCUT2D eigenvalue weighted by Gasteiger charge is -2.10. The Morgan fingerprint density at radius 1 is 1.00 bits per heavy atom. The van der Waals surface area contributed by atoms with Gasteiger partial charge in [0, 0.05) is 23.2 Å². The third-order valence-electron chi connectivity index (χ3n) is 5.26. The number of benzene rings is 2. The largest absolute Gasteiger partial charge is 0.326 e. The number of nitrogens with one attached hydrogen (secondary N) is 2. The van der Waals surface area contributed by atoms with Crippen molar-refractivity contribution in [1.82, 2.24) is 4.98 Å². The average molecular weight is 420 g/mol. The van der Waals surface area contributed by atoms with Crippen LogP contribution in [0, 0.1) is 6.92 Å². The van der Waals surface area contributed by atoms with E-state index < -0.39 is 0 Å². The molecule has 6 heteroatoms. The van der Waals surface area contributed by atoms with Crippen LogP contribution in [0.25, 0.3) is 10.9 Å². The van der Waals surface area contributed by atoms with Crippen LogP contribution >= 0.6 is 11.8 Å². The molecule has 1 heterocycles. The Labute approximate surface area is 180 Å². The van der Waals surface area contributed by atoms with Crippen LogP contribution in [0.15, 0.2) is 47.5 Å². The summed E-state index contributed by atoms with van der Waals surface area (Å²) in [4.78, 5) is 28.8. The van der Waals surface area contributed by atoms with Crippen LogP contribution in [0.3, 0.4) is 0 Å². The molecule has 3 aromatic rings. The van der Waals surface area contributed by atoms with Gasteiger partial charge in [-0.25, -0.2) is 4.98 Å². The van der Waals surface area contributed by atoms with Gasteiger partial charge in [-0.3, -0.25) is 9.59 Å². The lowest BCUT2D eigenvalue weighted by atomic mass is 10.1. The molecule has 4 rings (SSSR count). The highest BCUT2D eigenvalue weighted by Gasteiger charge is 2.14. The molecule has 0 saturated carbocycles. The quantitative estimate of drug-likeness (QED) is 0.545. The molecule has 30 heavy (non-hydrogen) atoms. The van der Waals surface area contributed by atoms with E-state index in [9.17, 15) is 9.59 Å². The number of hydrogen-bond acceptors (Lipinski definition) is 4. The number of thioether (sulfide) groups is 1. The Bertz CT molecular complexity index is 1130. The number of hydrogen-bond donors (Lipinski definition) is 2. The molecule has 2 N–H and O–H groups in total. The van der Waals surface area contributed by atoms with E-state index in [-0.39, 0.29) is 17.6 Å². The van der Waals surface area contributed by atoms with Gasteiger partial charge in [0.05, 0.1) is 11.3 Å². The van der Waals surface area contributed by atoms with Crippen molar-refractivity contribution in [3.8, 4) is 0 Å². The first-order chi connectivity index (χ1) is 14.5. The molecule has 0 unspecified atom stereocenters. The number of aryl methyl sites for hydroxylation is 3. The van der Waals surface area contributed by atoms with Crippen molar-refractivity contribution < 1.29 is 9.59 Å². The lowest BCUT2D eigenvalue weighted by molar-refractivity contribution is -0.116. The summed E-state index contributed by atoms with van der Waals surface area (Å²) in [5, 5.41) is 7.76. The third-order valence-corrected chi connectivity index (χ3v) is 6.36. The number of carbonyl (C=O) groups is 2. The molecule has 5 nitrogen and oxygen atoms in total. The zero-order valence-corrected chi connectivity index (χ0v) is 18.1. The molecule has 0 radical (unpaired) electrons. The summed E-state index contributed by atoms with van der Waals surface area (Å²) >= 11 is 1.45. The zero-order valence-electron chi connectivity index (χ0n) is 17.2. The maximum Gasteiger partial charge on any atom is 0.234 e. The Morgan fingerprint density at radius 2 is 1.70 bits per heavy atom. The lowest BCUT2D eigenvalue weighted by Crippen LogP contribution is -2.15. The van der Waals surface area contributed by atoms with Gasteiger partial charge >= 0.3 is 0 Å². The highest BCUT2D eigenvalue weighted by atomic mass is 32.2. The molecule has 0 saturated heterocycles. The van der Waals surface area contributed by atoms with Crippen LogP contribution in [0.5, 0.6) is 0 Å². The second-order valence-corrected chi connectivity index (χ2v) is 8.56. The number of pyridine rings is 1. The molecule has 154 valence electrons. The van der Waals surface area contributed by atoms with E-state index in [1.807, 2.05) is 19.1 Å². The van der Waals surface area contributed by atoms with Crippen LogP contribution in [-0.2, 0) is 22.4 Å². The van der Waals surface area contributed by atoms with Crippen LogP contribution in [0.2, 0.25) is 0 Å². The van der Waals surface area contributed by atoms with Gasteiger partial charge in [-0.05, 0) is 79.3 Å². The molecule has 0 bridgehead atoms. The predicted molar refractivity (Wildman–Crippen MR) is 123 cm³/mol. The normalized spacial score (nSPS) is 12.6. The maximum atomic E-state index is 12.5. The molecule has 0 fully saturated rings. The second kappa shape index (κ2) is 8.88. The minimum absolute atomic E-state index is 0.0578. The number of nitrogens with zero attached hydrogens (tertiary/aromatic N) is 1. The van der Waals surface area contributed by atoms with Crippen LogP contribution in [0.4, 0.5) is 11.4 Å². The Morgan fingerprint density at radius 3 is 2.43 bits per heavy atom. The van der Waals surface area contributed by atoms with E-state index in [1.54, 1.807) is 19.1 Å². The number of fused-ring (bicyclic) bond motifs is 2. The summed E-state index contributed by atoms with van der Waals surface area (Å²) in [5.74, 6) is 0.113. The number of rotatable bonds is 6. The standard InChI is InChI=1S/C24H25N3O2S/c1-3-22(28)25-19-8-5-9-20(13-19)26-23(29)14-30-24-15(2)10-18-11-16-6-4-7-17(16)12-21(18)27-24/h5,8-13H,3-4,6-7,14H2,1-2H3,(H,25,28)(H,26,29). The first-order valence-electron chi connectivity index (χ1n) is 10.3. The average Bonchev–Trinajstić information content (AvgIpc) is 3.18. The van der Waals surface area contributed by atoms with Crippen molar-refractivity contribution in [3.05, 3.63) is 59.2 Å². The third kappa shape index (κ3) is 4.65. The van der Waals surface area contributed by atoms with E-state index in [4.69, 9.17) is 4.98 Å². The first kappa shape index (κ1) is 20.4. The summed E-state index contributed by atoms with van der Waals surface area (Å²) in [6.07, 6.45) is 3.91. The van der Waals surface area contributed by atoms with E-state index in [0.29, 0.717) is 17.8 Å². The highest BCUT2D eigenvalue weighted by Crippen LogP contribution is 2.30. The SMILES string of the molecule is CCC(=O)Nc1cccc(NC(=O)CSc2nc3cc4c(cc3cc2C)CCC4)c1. The molecule has 1 aliphatic carbocycles. The zero-order chi connectivity index (χ0) is 21.1. The summed E-state index contributed by atoms with van der Waals surface area (Å²) in [6.45, 7) is 3.84. The summed E-state index contributed by atoms with van der Waals surface area (Å²) in [7, 11) is 0. The van der Waals surface area contributed by atoms with Gasteiger partial charge in [-0.15, -0.1) is 0 Å². The van der Waals surface area contributed by atoms with Gasteiger partial charge in [0.15, 0.2) is 0 Å². The fraction of sp³-hybridized carbons (Fsp3) is 0.292. The Balaban J connectivity index is 1.42. The molecule has 1 aliphatic rings. The maximum absolute atomic E-state index is 12.5. The molecule has 1 aromatic heterocycles. The Kier molecular flexibility index (Phi) is 6.04. The first-order valence-corrected chi connectivity index (χ1v) is 11.3. The summed E-state index contributed by atoms with van der Waals surface area (Å²) in [5.41, 5.74) is 6.27. The van der Waals surface area contributed by atoms with Gasteiger partial charge in [0.1, 0.15) is 5.03 Å². The fourth-order valence-corrected chi connectivity index (χ4v) is 4.53. The van der Waals surface area contributed by atoms with Crippen LogP contribution in [-0.4, -0.2) is 22.6 Å². The Hall–Kier alpha value is -2.86. The minimum atomic E-state index is -0.103. The van der Waals surface area contributed by atoms with E-state index in [0.717, 1.165) is 28.9 Å². The van der Waals surface area contributed by atoms with Gasteiger partial charge in [-0.2, -0.15) is 0 Å². The van der Waals surface area contributed by atoms with E-state index in [2.05, 4.69) is 28.8 Å². The van der Waals surface area contributed by atoms with Crippen molar-refractivity contribution in [1.29, 1.82) is 0 Å². The summed E-state index contributed by atoms with van der Waals surface area (Å²) < 4.78 is 0. The molecule has 2 amide bonds. The molecule has 2 aromatic carbocycles. The van der Waals surface area contributed by atoms with Crippen molar-refractivity contribution in [2.45, 2.75) is 44.6 Å². The molecule has 0 atom stereocenters. The van der Waals surface area contributed by atoms with E-state index in [1.165, 1.54) is 34.7 Å². The van der Waals surface area contributed by atoms with Crippen LogP contribution in [0.1, 0.15) is 36.5 Å². The van der Waals surface area contributed by atoms with Gasteiger partial charge in [0.2, 0.25) is 11.8 Å². The van der Waals surface area contributed by atoms with Gasteiger partial charge < -0.3 is 10.6 Å². The van der Waals surface area contributed by atoms with Crippen molar-refractivity contribution >= 4 is 45.9 Å². The van der Waals surface area contributed by atoms with E-state index >= 15 is 0 Å². The molecule has 0 spiro atoms. The van der Waals surface area contributed by atoms with Crippen molar-refractivity contribution in [2.75, 3.05) is 16.4 Å². The molecular formula is C24H25N3O2S. The number of amides is 2. The van der Waals surface area contributed by atoms with Crippen molar-refractivity contribution in [3.63, 3.8) is 0 Å². The van der Waals surface area contributed by atoms with Crippen molar-refractivity contribution in [2.24, 2.45) is 0 Å². The second-order valence-electron chi connectivity index (χ2n) is 7.60. The summed E-state index contributed by atoms with van der Waals surface area (Å²) in [6, 6.07) is 13.8. The predicted octanol–water partition coefficient (Wildman–Crippen LogP) is 5.11. The number of carbonyl (C=O) groups excluding carboxylic acids is 2. The monoisotopic (exact) mass is 419 g/mol. The van der Waals surface area contributed by atoms with Gasteiger partial charge in [-0.1, -0.05) is 24.8 Å². The molecular weight excluding hydrogens is 394 g/mol. The topological polar surface area (TPSA) is 71.1 Å². The molecule has 0 aliphatic heterocycles.